The molecular formula is C10H23BrO2Si. The molecule has 4 heteroatoms. The molecule has 0 amide bonds. The third-order valence-corrected chi connectivity index (χ3v) is 8.65. The average molecular weight is 283 g/mol. The van der Waals surface area contributed by atoms with Crippen LogP contribution in [0.2, 0.25) is 5.54 Å². The van der Waals surface area contributed by atoms with E-state index in [0.717, 1.165) is 19.6 Å². The van der Waals surface area contributed by atoms with Gasteiger partial charge >= 0.3 is 7.18 Å². The van der Waals surface area contributed by atoms with Crippen molar-refractivity contribution in [3.63, 3.8) is 0 Å². The molecule has 0 saturated heterocycles. The minimum Gasteiger partial charge on any atom is -0.386 e. The first-order chi connectivity index (χ1) is 6.64. The summed E-state index contributed by atoms with van der Waals surface area (Å²) in [5.74, 6) is 0. The predicted molar refractivity (Wildman–Crippen MR) is 66.9 cm³/mol. The number of hydrogen-bond donors (Lipinski definition) is 0. The van der Waals surface area contributed by atoms with Crippen molar-refractivity contribution in [1.29, 1.82) is 0 Å². The summed E-state index contributed by atoms with van der Waals surface area (Å²) in [6.07, 6.45) is 3.51. The standard InChI is InChI=1S/C10H23BrO2Si/c1-5-9-10(6-2)14(11,12-7-3)13-8-4/h10H,5-9H2,1-4H3. The van der Waals surface area contributed by atoms with Crippen LogP contribution in [0, 0.1) is 0 Å². The second-order valence-electron chi connectivity index (χ2n) is 3.34. The van der Waals surface area contributed by atoms with Gasteiger partial charge in [0.15, 0.2) is 0 Å². The number of rotatable bonds is 8. The first-order valence-corrected chi connectivity index (χ1v) is 9.76. The highest BCUT2D eigenvalue weighted by atomic mass is 79.9. The smallest absolute Gasteiger partial charge is 0.386 e. The van der Waals surface area contributed by atoms with Crippen LogP contribution < -0.4 is 0 Å². The molecule has 0 aromatic heterocycles. The summed E-state index contributed by atoms with van der Waals surface area (Å²) >= 11 is 3.73. The molecule has 0 aromatic carbocycles. The highest BCUT2D eigenvalue weighted by Gasteiger charge is 2.42. The van der Waals surface area contributed by atoms with Gasteiger partial charge in [-0.15, -0.1) is 0 Å². The fourth-order valence-corrected chi connectivity index (χ4v) is 7.13. The quantitative estimate of drug-likeness (QED) is 0.495. The second-order valence-corrected chi connectivity index (χ2v) is 9.22. The summed E-state index contributed by atoms with van der Waals surface area (Å²) in [4.78, 5) is 0. The van der Waals surface area contributed by atoms with Gasteiger partial charge in [-0.2, -0.15) is 0 Å². The molecule has 0 N–H and O–H groups in total. The predicted octanol–water partition coefficient (Wildman–Crippen LogP) is 3.97. The van der Waals surface area contributed by atoms with Gasteiger partial charge in [-0.1, -0.05) is 42.0 Å². The lowest BCUT2D eigenvalue weighted by atomic mass is 10.2. The Morgan fingerprint density at radius 1 is 1.07 bits per heavy atom. The van der Waals surface area contributed by atoms with Gasteiger partial charge in [0.25, 0.3) is 0 Å². The van der Waals surface area contributed by atoms with Crippen LogP contribution in [0.1, 0.15) is 47.0 Å². The molecule has 0 aliphatic carbocycles. The zero-order valence-corrected chi connectivity index (χ0v) is 12.4. The number of hydrogen-bond acceptors (Lipinski definition) is 2. The molecule has 0 radical (unpaired) electrons. The summed E-state index contributed by atoms with van der Waals surface area (Å²) in [6, 6.07) is 0. The van der Waals surface area contributed by atoms with Crippen molar-refractivity contribution >= 4 is 22.5 Å². The van der Waals surface area contributed by atoms with Crippen LogP contribution in [0.25, 0.3) is 0 Å². The lowest BCUT2D eigenvalue weighted by molar-refractivity contribution is 0.194. The van der Waals surface area contributed by atoms with Crippen LogP contribution in [0.3, 0.4) is 0 Å². The largest absolute Gasteiger partial charge is 0.417 e. The highest BCUT2D eigenvalue weighted by molar-refractivity contribution is 9.25. The lowest BCUT2D eigenvalue weighted by Crippen LogP contribution is -2.40. The normalized spacial score (nSPS) is 14.4. The molecule has 0 fully saturated rings. The summed E-state index contributed by atoms with van der Waals surface area (Å²) in [7, 11) is -2.09. The van der Waals surface area contributed by atoms with Crippen LogP contribution in [0.5, 0.6) is 0 Å². The molecule has 1 atom stereocenters. The Labute approximate surface area is 97.2 Å². The maximum Gasteiger partial charge on any atom is 0.417 e. The average Bonchev–Trinajstić information content (AvgIpc) is 2.14. The van der Waals surface area contributed by atoms with Gasteiger partial charge in [0.1, 0.15) is 0 Å². The van der Waals surface area contributed by atoms with Gasteiger partial charge in [-0.25, -0.2) is 0 Å². The van der Waals surface area contributed by atoms with Crippen LogP contribution in [0.15, 0.2) is 0 Å². The zero-order chi connectivity index (χ0) is 11.0. The molecule has 0 heterocycles. The lowest BCUT2D eigenvalue weighted by Gasteiger charge is -2.31. The maximum atomic E-state index is 5.81. The minimum atomic E-state index is -2.09. The number of halogens is 1. The van der Waals surface area contributed by atoms with Gasteiger partial charge < -0.3 is 8.85 Å². The maximum absolute atomic E-state index is 5.81. The summed E-state index contributed by atoms with van der Waals surface area (Å²) in [5.41, 5.74) is 0.562. The molecule has 0 aliphatic rings. The fraction of sp³-hybridized carbons (Fsp3) is 1.00. The molecule has 0 saturated carbocycles. The van der Waals surface area contributed by atoms with Crippen LogP contribution in [-0.2, 0) is 8.85 Å². The zero-order valence-electron chi connectivity index (χ0n) is 9.81. The van der Waals surface area contributed by atoms with Crippen LogP contribution in [-0.4, -0.2) is 20.4 Å². The monoisotopic (exact) mass is 282 g/mol. The van der Waals surface area contributed by atoms with Crippen LogP contribution in [0.4, 0.5) is 0 Å². The van der Waals surface area contributed by atoms with Crippen molar-refractivity contribution in [2.24, 2.45) is 0 Å². The summed E-state index contributed by atoms with van der Waals surface area (Å²) in [5, 5.41) is 0. The van der Waals surface area contributed by atoms with E-state index in [4.69, 9.17) is 8.85 Å². The Balaban J connectivity index is 4.39. The Kier molecular flexibility index (Phi) is 8.20. The van der Waals surface area contributed by atoms with E-state index in [1.165, 1.54) is 12.8 Å². The van der Waals surface area contributed by atoms with E-state index in [2.05, 4.69) is 29.1 Å². The van der Waals surface area contributed by atoms with E-state index >= 15 is 0 Å². The minimum absolute atomic E-state index is 0.562. The van der Waals surface area contributed by atoms with E-state index in [1.54, 1.807) is 0 Å². The molecular weight excluding hydrogens is 260 g/mol. The van der Waals surface area contributed by atoms with Crippen LogP contribution >= 0.6 is 15.3 Å². The Hall–Kier alpha value is 0.617. The molecule has 1 unspecified atom stereocenters. The van der Waals surface area contributed by atoms with Gasteiger partial charge in [0.2, 0.25) is 0 Å². The molecule has 0 aromatic rings. The molecule has 2 nitrogen and oxygen atoms in total. The van der Waals surface area contributed by atoms with E-state index in [1.807, 2.05) is 13.8 Å². The van der Waals surface area contributed by atoms with Crippen molar-refractivity contribution < 1.29 is 8.85 Å². The SMILES string of the molecule is CCCC(CC)[Si](Br)(OCC)OCC. The third-order valence-electron chi connectivity index (χ3n) is 2.30. The Morgan fingerprint density at radius 2 is 1.57 bits per heavy atom. The molecule has 14 heavy (non-hydrogen) atoms. The first kappa shape index (κ1) is 14.6. The Bertz CT molecular complexity index is 138. The molecule has 0 bridgehead atoms. The summed E-state index contributed by atoms with van der Waals surface area (Å²) in [6.45, 7) is 9.94. The van der Waals surface area contributed by atoms with E-state index in [9.17, 15) is 0 Å². The van der Waals surface area contributed by atoms with Crippen molar-refractivity contribution in [3.05, 3.63) is 0 Å². The van der Waals surface area contributed by atoms with Gasteiger partial charge in [0, 0.05) is 18.8 Å². The van der Waals surface area contributed by atoms with E-state index in [0.29, 0.717) is 5.54 Å². The van der Waals surface area contributed by atoms with Crippen molar-refractivity contribution in [2.75, 3.05) is 13.2 Å². The third kappa shape index (κ3) is 4.42. The Morgan fingerprint density at radius 3 is 1.86 bits per heavy atom. The molecule has 0 spiro atoms. The second kappa shape index (κ2) is 7.85. The van der Waals surface area contributed by atoms with Crippen molar-refractivity contribution in [3.8, 4) is 0 Å². The van der Waals surface area contributed by atoms with E-state index < -0.39 is 7.18 Å². The topological polar surface area (TPSA) is 18.5 Å². The van der Waals surface area contributed by atoms with Gasteiger partial charge in [0.05, 0.1) is 0 Å². The van der Waals surface area contributed by atoms with Gasteiger partial charge in [-0.3, -0.25) is 0 Å². The highest BCUT2D eigenvalue weighted by Crippen LogP contribution is 2.36. The van der Waals surface area contributed by atoms with Crippen molar-refractivity contribution in [2.45, 2.75) is 52.5 Å². The summed E-state index contributed by atoms with van der Waals surface area (Å²) < 4.78 is 11.6. The molecule has 0 aliphatic heterocycles. The van der Waals surface area contributed by atoms with Crippen molar-refractivity contribution in [1.82, 2.24) is 0 Å². The van der Waals surface area contributed by atoms with Gasteiger partial charge in [-0.05, 0) is 20.3 Å². The van der Waals surface area contributed by atoms with E-state index in [-0.39, 0.29) is 0 Å². The fourth-order valence-electron chi connectivity index (χ4n) is 1.64. The molecule has 86 valence electrons. The molecule has 0 rings (SSSR count). The first-order valence-electron chi connectivity index (χ1n) is 5.61.